The van der Waals surface area contributed by atoms with E-state index in [-0.39, 0.29) is 11.4 Å². The highest BCUT2D eigenvalue weighted by Crippen LogP contribution is 2.30. The second-order valence-corrected chi connectivity index (χ2v) is 7.98. The Morgan fingerprint density at radius 3 is 2.62 bits per heavy atom. The molecule has 0 radical (unpaired) electrons. The molecular weight excluding hydrogens is 459 g/mol. The molecule has 1 heterocycles. The zero-order valence-corrected chi connectivity index (χ0v) is 17.5. The van der Waals surface area contributed by atoms with Crippen LogP contribution in [0.1, 0.15) is 5.56 Å². The number of benzene rings is 2. The standard InChI is InChI=1S/C17H13BrCl2N4OS/c1-24-16(25)15(21-13-4-2-3-12(19)14(13)20)22-23-17(24)26-9-10-5-7-11(18)8-6-10/h2-8H,9H2,1H3,(H,21,22). The van der Waals surface area contributed by atoms with Gasteiger partial charge in [0.25, 0.3) is 5.56 Å². The first-order chi connectivity index (χ1) is 12.5. The molecular formula is C17H13BrCl2N4OS. The van der Waals surface area contributed by atoms with Crippen LogP contribution in [-0.4, -0.2) is 14.8 Å². The Hall–Kier alpha value is -1.54. The van der Waals surface area contributed by atoms with Crippen LogP contribution in [0.5, 0.6) is 0 Å². The minimum absolute atomic E-state index is 0.0876. The number of nitrogens with zero attached hydrogens (tertiary/aromatic N) is 3. The van der Waals surface area contributed by atoms with Gasteiger partial charge in [-0.3, -0.25) is 9.36 Å². The summed E-state index contributed by atoms with van der Waals surface area (Å²) in [7, 11) is 1.66. The molecule has 3 aromatic rings. The number of rotatable bonds is 5. The van der Waals surface area contributed by atoms with Crippen molar-refractivity contribution >= 4 is 62.4 Å². The molecule has 134 valence electrons. The van der Waals surface area contributed by atoms with Crippen LogP contribution < -0.4 is 10.9 Å². The molecule has 0 unspecified atom stereocenters. The van der Waals surface area contributed by atoms with Crippen molar-refractivity contribution in [2.24, 2.45) is 7.05 Å². The molecule has 0 atom stereocenters. The average molecular weight is 472 g/mol. The van der Waals surface area contributed by atoms with E-state index in [0.717, 1.165) is 10.0 Å². The summed E-state index contributed by atoms with van der Waals surface area (Å²) in [5.41, 5.74) is 1.33. The van der Waals surface area contributed by atoms with Gasteiger partial charge in [0, 0.05) is 17.3 Å². The lowest BCUT2D eigenvalue weighted by molar-refractivity contribution is 0.666. The molecule has 0 bridgehead atoms. The fraction of sp³-hybridized carbons (Fsp3) is 0.118. The van der Waals surface area contributed by atoms with Crippen LogP contribution in [0.15, 0.2) is 56.9 Å². The van der Waals surface area contributed by atoms with Gasteiger partial charge in [-0.15, -0.1) is 10.2 Å². The van der Waals surface area contributed by atoms with E-state index >= 15 is 0 Å². The van der Waals surface area contributed by atoms with Crippen molar-refractivity contribution in [3.05, 3.63) is 72.9 Å². The predicted octanol–water partition coefficient (Wildman–Crippen LogP) is 5.28. The summed E-state index contributed by atoms with van der Waals surface area (Å²) in [6, 6.07) is 13.1. The van der Waals surface area contributed by atoms with Gasteiger partial charge in [0.2, 0.25) is 5.82 Å². The Labute approximate surface area is 172 Å². The van der Waals surface area contributed by atoms with E-state index in [9.17, 15) is 4.79 Å². The maximum Gasteiger partial charge on any atom is 0.297 e. The topological polar surface area (TPSA) is 59.8 Å². The third-order valence-electron chi connectivity index (χ3n) is 3.52. The molecule has 0 aliphatic rings. The zero-order valence-electron chi connectivity index (χ0n) is 13.5. The lowest BCUT2D eigenvalue weighted by Gasteiger charge is -2.10. The van der Waals surface area contributed by atoms with E-state index in [1.165, 1.54) is 16.3 Å². The monoisotopic (exact) mass is 470 g/mol. The normalized spacial score (nSPS) is 10.8. The predicted molar refractivity (Wildman–Crippen MR) is 111 cm³/mol. The van der Waals surface area contributed by atoms with Gasteiger partial charge >= 0.3 is 0 Å². The Morgan fingerprint density at radius 1 is 1.15 bits per heavy atom. The molecule has 1 aromatic heterocycles. The molecule has 0 aliphatic heterocycles. The van der Waals surface area contributed by atoms with E-state index in [0.29, 0.717) is 26.6 Å². The van der Waals surface area contributed by atoms with Crippen LogP contribution in [0, 0.1) is 0 Å². The molecule has 0 fully saturated rings. The fourth-order valence-corrected chi connectivity index (χ4v) is 3.58. The second-order valence-electron chi connectivity index (χ2n) is 5.34. The van der Waals surface area contributed by atoms with E-state index in [4.69, 9.17) is 23.2 Å². The molecule has 0 aliphatic carbocycles. The van der Waals surface area contributed by atoms with E-state index < -0.39 is 0 Å². The van der Waals surface area contributed by atoms with Crippen LogP contribution in [0.3, 0.4) is 0 Å². The number of thioether (sulfide) groups is 1. The lowest BCUT2D eigenvalue weighted by Crippen LogP contribution is -2.24. The number of anilines is 2. The third kappa shape index (κ3) is 4.40. The van der Waals surface area contributed by atoms with E-state index in [1.807, 2.05) is 24.3 Å². The molecule has 2 aromatic carbocycles. The largest absolute Gasteiger partial charge is 0.333 e. The van der Waals surface area contributed by atoms with Crippen molar-refractivity contribution in [2.75, 3.05) is 5.32 Å². The van der Waals surface area contributed by atoms with Crippen LogP contribution in [0.2, 0.25) is 10.0 Å². The van der Waals surface area contributed by atoms with Crippen molar-refractivity contribution in [1.82, 2.24) is 14.8 Å². The first kappa shape index (κ1) is 19.2. The molecule has 0 amide bonds. The van der Waals surface area contributed by atoms with E-state index in [2.05, 4.69) is 31.4 Å². The molecule has 3 rings (SSSR count). The van der Waals surface area contributed by atoms with Gasteiger partial charge in [0.05, 0.1) is 15.7 Å². The van der Waals surface area contributed by atoms with Gasteiger partial charge in [-0.05, 0) is 29.8 Å². The molecule has 0 saturated carbocycles. The molecule has 0 saturated heterocycles. The summed E-state index contributed by atoms with van der Waals surface area (Å²) in [6.07, 6.45) is 0. The minimum Gasteiger partial charge on any atom is -0.333 e. The first-order valence-corrected chi connectivity index (χ1v) is 10.0. The SMILES string of the molecule is Cn1c(SCc2ccc(Br)cc2)nnc(Nc2cccc(Cl)c2Cl)c1=O. The molecule has 1 N–H and O–H groups in total. The zero-order chi connectivity index (χ0) is 18.7. The van der Waals surface area contributed by atoms with Crippen molar-refractivity contribution in [1.29, 1.82) is 0 Å². The smallest absolute Gasteiger partial charge is 0.297 e. The Morgan fingerprint density at radius 2 is 1.88 bits per heavy atom. The van der Waals surface area contributed by atoms with Crippen molar-refractivity contribution in [3.63, 3.8) is 0 Å². The molecule has 26 heavy (non-hydrogen) atoms. The summed E-state index contributed by atoms with van der Waals surface area (Å²) < 4.78 is 2.48. The highest BCUT2D eigenvalue weighted by Gasteiger charge is 2.12. The van der Waals surface area contributed by atoms with Crippen LogP contribution in [0.4, 0.5) is 11.5 Å². The van der Waals surface area contributed by atoms with Gasteiger partial charge < -0.3 is 5.32 Å². The quantitative estimate of drug-likeness (QED) is 0.513. The summed E-state index contributed by atoms with van der Waals surface area (Å²) >= 11 is 17.0. The van der Waals surface area contributed by atoms with Gasteiger partial charge in [-0.1, -0.05) is 69.1 Å². The maximum atomic E-state index is 12.5. The first-order valence-electron chi connectivity index (χ1n) is 7.47. The Bertz CT molecular complexity index is 995. The molecule has 5 nitrogen and oxygen atoms in total. The third-order valence-corrected chi connectivity index (χ3v) is 5.95. The minimum atomic E-state index is -0.297. The van der Waals surface area contributed by atoms with Gasteiger partial charge in [-0.25, -0.2) is 0 Å². The number of hydrogen-bond donors (Lipinski definition) is 1. The van der Waals surface area contributed by atoms with Crippen molar-refractivity contribution in [2.45, 2.75) is 10.9 Å². The number of aromatic nitrogens is 3. The number of hydrogen-bond acceptors (Lipinski definition) is 5. The number of halogens is 3. The fourth-order valence-electron chi connectivity index (χ4n) is 2.11. The van der Waals surface area contributed by atoms with Crippen LogP contribution in [-0.2, 0) is 12.8 Å². The van der Waals surface area contributed by atoms with Crippen LogP contribution >= 0.6 is 50.9 Å². The lowest BCUT2D eigenvalue weighted by atomic mass is 10.2. The van der Waals surface area contributed by atoms with Crippen molar-refractivity contribution < 1.29 is 0 Å². The highest BCUT2D eigenvalue weighted by molar-refractivity contribution is 9.10. The second kappa shape index (κ2) is 8.43. The molecule has 9 heteroatoms. The summed E-state index contributed by atoms with van der Waals surface area (Å²) in [6.45, 7) is 0. The van der Waals surface area contributed by atoms with Gasteiger partial charge in [0.1, 0.15) is 0 Å². The van der Waals surface area contributed by atoms with Crippen LogP contribution in [0.25, 0.3) is 0 Å². The summed E-state index contributed by atoms with van der Waals surface area (Å²) in [4.78, 5) is 12.5. The number of nitrogens with one attached hydrogen (secondary N) is 1. The highest BCUT2D eigenvalue weighted by atomic mass is 79.9. The Kier molecular flexibility index (Phi) is 6.24. The van der Waals surface area contributed by atoms with Gasteiger partial charge in [0.15, 0.2) is 5.16 Å². The maximum absolute atomic E-state index is 12.5. The summed E-state index contributed by atoms with van der Waals surface area (Å²) in [5, 5.41) is 12.3. The van der Waals surface area contributed by atoms with Gasteiger partial charge in [-0.2, -0.15) is 0 Å². The molecule has 0 spiro atoms. The van der Waals surface area contributed by atoms with Crippen molar-refractivity contribution in [3.8, 4) is 0 Å². The average Bonchev–Trinajstić information content (AvgIpc) is 2.63. The summed E-state index contributed by atoms with van der Waals surface area (Å²) in [5.74, 6) is 0.770. The van der Waals surface area contributed by atoms with E-state index in [1.54, 1.807) is 25.2 Å². The Balaban J connectivity index is 1.79.